The number of ether oxygens (including phenoxy) is 1. The van der Waals surface area contributed by atoms with E-state index in [9.17, 15) is 9.59 Å². The molecule has 1 aromatic rings. The zero-order valence-corrected chi connectivity index (χ0v) is 11.8. The number of hydrogen-bond acceptors (Lipinski definition) is 7. The largest absolute Gasteiger partial charge is 0.468 e. The summed E-state index contributed by atoms with van der Waals surface area (Å²) in [6.45, 7) is -0.889. The van der Waals surface area contributed by atoms with E-state index in [1.165, 1.54) is 13.3 Å². The van der Waals surface area contributed by atoms with Crippen LogP contribution >= 0.6 is 15.9 Å². The minimum atomic E-state index is -0.603. The number of carbonyl (C=O) groups is 1. The van der Waals surface area contributed by atoms with Crippen LogP contribution in [0.4, 0.5) is 5.69 Å². The molecule has 0 aliphatic rings. The summed E-state index contributed by atoms with van der Waals surface area (Å²) in [7, 11) is 1.21. The van der Waals surface area contributed by atoms with E-state index in [1.54, 1.807) is 0 Å². The highest BCUT2D eigenvalue weighted by Gasteiger charge is 2.14. The van der Waals surface area contributed by atoms with E-state index in [1.807, 2.05) is 0 Å². The van der Waals surface area contributed by atoms with Crippen molar-refractivity contribution in [1.29, 1.82) is 0 Å². The van der Waals surface area contributed by atoms with E-state index in [-0.39, 0.29) is 24.2 Å². The number of nitrogens with zero attached hydrogens (tertiary/aromatic N) is 2. The van der Waals surface area contributed by atoms with Gasteiger partial charge < -0.3 is 20.3 Å². The van der Waals surface area contributed by atoms with E-state index in [4.69, 9.17) is 10.2 Å². The van der Waals surface area contributed by atoms with Crippen molar-refractivity contribution in [2.24, 2.45) is 0 Å². The van der Waals surface area contributed by atoms with Crippen LogP contribution < -0.4 is 10.9 Å². The zero-order chi connectivity index (χ0) is 14.4. The normalized spacial score (nSPS) is 10.6. The van der Waals surface area contributed by atoms with Crippen molar-refractivity contribution in [3.05, 3.63) is 21.0 Å². The molecule has 106 valence electrons. The molecule has 0 bridgehead atoms. The summed E-state index contributed by atoms with van der Waals surface area (Å²) in [5, 5.41) is 24.4. The molecule has 0 aromatic carbocycles. The van der Waals surface area contributed by atoms with Gasteiger partial charge in [-0.25, -0.2) is 4.68 Å². The molecule has 0 saturated carbocycles. The minimum absolute atomic E-state index is 0.151. The van der Waals surface area contributed by atoms with Crippen LogP contribution in [-0.2, 0) is 16.1 Å². The van der Waals surface area contributed by atoms with Crippen molar-refractivity contribution in [3.63, 3.8) is 0 Å². The average Bonchev–Trinajstić information content (AvgIpc) is 2.43. The van der Waals surface area contributed by atoms with Crippen molar-refractivity contribution in [2.45, 2.75) is 12.6 Å². The highest BCUT2D eigenvalue weighted by molar-refractivity contribution is 9.10. The maximum absolute atomic E-state index is 11.9. The molecular weight excluding hydrogens is 322 g/mol. The lowest BCUT2D eigenvalue weighted by atomic mass is 10.3. The topological polar surface area (TPSA) is 114 Å². The number of halogens is 1. The molecule has 0 radical (unpaired) electrons. The predicted molar refractivity (Wildman–Crippen MR) is 69.8 cm³/mol. The van der Waals surface area contributed by atoms with Gasteiger partial charge in [0.2, 0.25) is 0 Å². The van der Waals surface area contributed by atoms with Crippen molar-refractivity contribution in [2.75, 3.05) is 25.6 Å². The molecule has 0 atom stereocenters. The summed E-state index contributed by atoms with van der Waals surface area (Å²) in [5.41, 5.74) is -0.204. The number of rotatable bonds is 6. The van der Waals surface area contributed by atoms with E-state index < -0.39 is 17.6 Å². The Hall–Kier alpha value is -1.45. The number of aromatic nitrogens is 2. The minimum Gasteiger partial charge on any atom is -0.468 e. The summed E-state index contributed by atoms with van der Waals surface area (Å²) >= 11 is 3.08. The molecule has 0 fully saturated rings. The second kappa shape index (κ2) is 7.22. The monoisotopic (exact) mass is 335 g/mol. The summed E-state index contributed by atoms with van der Waals surface area (Å²) in [5.74, 6) is -0.592. The Morgan fingerprint density at radius 2 is 2.21 bits per heavy atom. The molecule has 3 N–H and O–H groups in total. The van der Waals surface area contributed by atoms with Crippen molar-refractivity contribution < 1.29 is 19.7 Å². The van der Waals surface area contributed by atoms with Gasteiger partial charge in [-0.3, -0.25) is 9.59 Å². The summed E-state index contributed by atoms with van der Waals surface area (Å²) < 4.78 is 5.53. The van der Waals surface area contributed by atoms with E-state index in [0.717, 1.165) is 4.68 Å². The number of aliphatic hydroxyl groups excluding tert-OH is 2. The number of esters is 1. The van der Waals surface area contributed by atoms with Gasteiger partial charge in [-0.05, 0) is 15.9 Å². The molecule has 1 rings (SSSR count). The number of carbonyl (C=O) groups excluding carboxylic acids is 1. The van der Waals surface area contributed by atoms with Crippen molar-refractivity contribution in [1.82, 2.24) is 9.78 Å². The SMILES string of the molecule is COC(=O)Cn1ncc(NC(CO)CO)c(Br)c1=O. The first kappa shape index (κ1) is 15.6. The molecule has 0 spiro atoms. The molecule has 19 heavy (non-hydrogen) atoms. The van der Waals surface area contributed by atoms with Gasteiger partial charge in [0.1, 0.15) is 11.0 Å². The van der Waals surface area contributed by atoms with Crippen molar-refractivity contribution >= 4 is 27.6 Å². The Bertz CT molecular complexity index is 500. The highest BCUT2D eigenvalue weighted by atomic mass is 79.9. The molecule has 0 aliphatic heterocycles. The van der Waals surface area contributed by atoms with Gasteiger partial charge in [0.05, 0.1) is 38.2 Å². The summed E-state index contributed by atoms with van der Waals surface area (Å²) in [4.78, 5) is 23.0. The molecule has 0 unspecified atom stereocenters. The third kappa shape index (κ3) is 4.01. The Kier molecular flexibility index (Phi) is 5.93. The zero-order valence-electron chi connectivity index (χ0n) is 10.2. The first-order valence-electron chi connectivity index (χ1n) is 5.34. The van der Waals surface area contributed by atoms with Crippen molar-refractivity contribution in [3.8, 4) is 0 Å². The predicted octanol–water partition coefficient (Wildman–Crippen LogP) is -1.06. The number of aliphatic hydroxyl groups is 2. The fraction of sp³-hybridized carbons (Fsp3) is 0.500. The summed E-state index contributed by atoms with van der Waals surface area (Å²) in [6, 6.07) is -0.603. The van der Waals surface area contributed by atoms with Gasteiger partial charge in [-0.15, -0.1) is 0 Å². The molecule has 1 heterocycles. The van der Waals surface area contributed by atoms with Gasteiger partial charge in [0, 0.05) is 0 Å². The van der Waals surface area contributed by atoms with Crippen LogP contribution in [0.3, 0.4) is 0 Å². The maximum Gasteiger partial charge on any atom is 0.327 e. The van der Waals surface area contributed by atoms with Gasteiger partial charge in [0.25, 0.3) is 5.56 Å². The molecule has 8 nitrogen and oxygen atoms in total. The lowest BCUT2D eigenvalue weighted by Crippen LogP contribution is -2.32. The second-order valence-electron chi connectivity index (χ2n) is 3.62. The number of nitrogens with one attached hydrogen (secondary N) is 1. The maximum atomic E-state index is 11.9. The number of methoxy groups -OCH3 is 1. The fourth-order valence-electron chi connectivity index (χ4n) is 1.23. The molecule has 0 aliphatic carbocycles. The third-order valence-electron chi connectivity index (χ3n) is 2.29. The number of anilines is 1. The molecule has 0 saturated heterocycles. The average molecular weight is 336 g/mol. The van der Waals surface area contributed by atoms with E-state index in [0.29, 0.717) is 5.69 Å². The van der Waals surface area contributed by atoms with Gasteiger partial charge >= 0.3 is 5.97 Å². The van der Waals surface area contributed by atoms with Crippen LogP contribution in [-0.4, -0.2) is 52.3 Å². The first-order chi connectivity index (χ1) is 9.03. The lowest BCUT2D eigenvalue weighted by molar-refractivity contribution is -0.141. The molecule has 0 amide bonds. The van der Waals surface area contributed by atoms with Gasteiger partial charge in [-0.1, -0.05) is 0 Å². The van der Waals surface area contributed by atoms with Crippen LogP contribution in [0.1, 0.15) is 0 Å². The second-order valence-corrected chi connectivity index (χ2v) is 4.41. The van der Waals surface area contributed by atoms with Crippen LogP contribution in [0.2, 0.25) is 0 Å². The van der Waals surface area contributed by atoms with Crippen LogP contribution in [0.15, 0.2) is 15.5 Å². The van der Waals surface area contributed by atoms with Gasteiger partial charge in [0.15, 0.2) is 0 Å². The van der Waals surface area contributed by atoms with Crippen LogP contribution in [0.5, 0.6) is 0 Å². The van der Waals surface area contributed by atoms with E-state index in [2.05, 4.69) is 31.1 Å². The van der Waals surface area contributed by atoms with Crippen LogP contribution in [0, 0.1) is 0 Å². The Morgan fingerprint density at radius 3 is 2.74 bits per heavy atom. The van der Waals surface area contributed by atoms with E-state index >= 15 is 0 Å². The third-order valence-corrected chi connectivity index (χ3v) is 3.06. The van der Waals surface area contributed by atoms with Gasteiger partial charge in [-0.2, -0.15) is 5.10 Å². The quantitative estimate of drug-likeness (QED) is 0.568. The standard InChI is InChI=1S/C10H14BrN3O5/c1-19-8(17)3-14-10(18)9(11)7(2-12-14)13-6(4-15)5-16/h2,6,13,15-16H,3-5H2,1H3. The van der Waals surface area contributed by atoms with Crippen LogP contribution in [0.25, 0.3) is 0 Å². The number of hydrogen-bond donors (Lipinski definition) is 3. The Balaban J connectivity index is 2.97. The smallest absolute Gasteiger partial charge is 0.327 e. The first-order valence-corrected chi connectivity index (χ1v) is 6.13. The molecular formula is C10H14BrN3O5. The Morgan fingerprint density at radius 1 is 1.58 bits per heavy atom. The highest BCUT2D eigenvalue weighted by Crippen LogP contribution is 2.16. The Labute approximate surface area is 117 Å². The molecule has 1 aromatic heterocycles. The lowest BCUT2D eigenvalue weighted by Gasteiger charge is -2.16. The summed E-state index contributed by atoms with van der Waals surface area (Å²) in [6.07, 6.45) is 1.31. The molecule has 9 heteroatoms. The fourth-order valence-corrected chi connectivity index (χ4v) is 1.66.